The maximum absolute atomic E-state index is 12.2. The van der Waals surface area contributed by atoms with Crippen LogP contribution in [-0.2, 0) is 0 Å². The first-order valence-corrected chi connectivity index (χ1v) is 8.61. The summed E-state index contributed by atoms with van der Waals surface area (Å²) in [4.78, 5) is 25.7. The minimum Gasteiger partial charge on any atom is -0.277 e. The molecule has 3 nitrogen and oxygen atoms in total. The third-order valence-corrected chi connectivity index (χ3v) is 6.17. The summed E-state index contributed by atoms with van der Waals surface area (Å²) < 4.78 is 0. The molecule has 1 aromatic rings. The minimum atomic E-state index is -1.97. The molecule has 0 N–H and O–H groups in total. The van der Waals surface area contributed by atoms with Gasteiger partial charge < -0.3 is 0 Å². The van der Waals surface area contributed by atoms with E-state index in [0.717, 1.165) is 0 Å². The zero-order chi connectivity index (χ0) is 13.3. The van der Waals surface area contributed by atoms with Crippen molar-refractivity contribution in [3.63, 3.8) is 0 Å². The Morgan fingerprint density at radius 2 is 1.56 bits per heavy atom. The van der Waals surface area contributed by atoms with Crippen LogP contribution in [0.2, 0.25) is 6.55 Å². The number of imide groups is 1. The number of rotatable bonds is 4. The van der Waals surface area contributed by atoms with Gasteiger partial charge in [-0.25, -0.2) is 0 Å². The zero-order valence-corrected chi connectivity index (χ0v) is 11.3. The van der Waals surface area contributed by atoms with Crippen LogP contribution in [0.3, 0.4) is 0 Å². The summed E-state index contributed by atoms with van der Waals surface area (Å²) >= 11 is 0. The number of nitrogens with zero attached hydrogens (tertiary/aromatic N) is 1. The molecule has 0 aromatic heterocycles. The van der Waals surface area contributed by atoms with E-state index in [1.807, 2.05) is 17.9 Å². The van der Waals surface area contributed by atoms with Gasteiger partial charge in [0.1, 0.15) is 8.07 Å². The molecule has 4 heteroatoms. The Morgan fingerprint density at radius 1 is 1.11 bits per heavy atom. The molecule has 1 aromatic carbocycles. The molecule has 0 bridgehead atoms. The van der Waals surface area contributed by atoms with Crippen LogP contribution in [0.1, 0.15) is 20.7 Å². The van der Waals surface area contributed by atoms with Gasteiger partial charge in [0.15, 0.2) is 0 Å². The summed E-state index contributed by atoms with van der Waals surface area (Å²) in [7, 11) is -1.97. The predicted octanol–water partition coefficient (Wildman–Crippen LogP) is 2.35. The highest BCUT2D eigenvalue weighted by molar-refractivity contribution is 6.88. The fourth-order valence-electron chi connectivity index (χ4n) is 1.94. The molecule has 0 unspecified atom stereocenters. The van der Waals surface area contributed by atoms with Crippen molar-refractivity contribution in [3.8, 4) is 0 Å². The summed E-state index contributed by atoms with van der Waals surface area (Å²) in [6.45, 7) is 9.60. The third kappa shape index (κ3) is 1.84. The molecule has 1 aliphatic heterocycles. The van der Waals surface area contributed by atoms with Crippen molar-refractivity contribution in [3.05, 3.63) is 59.9 Å². The molecule has 0 saturated carbocycles. The van der Waals surface area contributed by atoms with Crippen LogP contribution in [0.5, 0.6) is 0 Å². The molecule has 2 rings (SSSR count). The first-order chi connectivity index (χ1) is 8.52. The van der Waals surface area contributed by atoms with Crippen LogP contribution in [0, 0.1) is 0 Å². The van der Waals surface area contributed by atoms with Crippen molar-refractivity contribution in [1.82, 2.24) is 4.90 Å². The molecule has 2 amide bonds. The zero-order valence-electron chi connectivity index (χ0n) is 10.3. The van der Waals surface area contributed by atoms with Gasteiger partial charge in [0.05, 0.1) is 11.1 Å². The maximum Gasteiger partial charge on any atom is 0.261 e. The monoisotopic (exact) mass is 257 g/mol. The number of hydrogen-bond donors (Lipinski definition) is 0. The number of carbonyl (C=O) groups excluding carboxylic acids is 2. The minimum absolute atomic E-state index is 0.210. The summed E-state index contributed by atoms with van der Waals surface area (Å²) in [5.74, 6) is -0.420. The summed E-state index contributed by atoms with van der Waals surface area (Å²) in [5, 5.41) is 0. The van der Waals surface area contributed by atoms with E-state index < -0.39 is 8.07 Å². The molecule has 0 saturated heterocycles. The van der Waals surface area contributed by atoms with Crippen molar-refractivity contribution >= 4 is 19.9 Å². The van der Waals surface area contributed by atoms with Crippen LogP contribution >= 0.6 is 0 Å². The fourth-order valence-corrected chi connectivity index (χ4v) is 3.33. The van der Waals surface area contributed by atoms with Gasteiger partial charge in [-0.1, -0.05) is 30.1 Å². The van der Waals surface area contributed by atoms with Gasteiger partial charge in [0.2, 0.25) is 0 Å². The second-order valence-electron chi connectivity index (χ2n) is 4.66. The molecule has 1 aliphatic rings. The van der Waals surface area contributed by atoms with Crippen molar-refractivity contribution in [2.45, 2.75) is 6.55 Å². The van der Waals surface area contributed by atoms with Crippen LogP contribution in [0.4, 0.5) is 0 Å². The first kappa shape index (κ1) is 12.5. The van der Waals surface area contributed by atoms with Gasteiger partial charge in [-0.3, -0.25) is 14.5 Å². The molecular weight excluding hydrogens is 242 g/mol. The summed E-state index contributed by atoms with van der Waals surface area (Å²) in [5.41, 5.74) is 4.66. The van der Waals surface area contributed by atoms with Crippen LogP contribution in [0.25, 0.3) is 0 Å². The summed E-state index contributed by atoms with van der Waals surface area (Å²) in [6.07, 6.45) is 0.409. The van der Waals surface area contributed by atoms with Crippen molar-refractivity contribution < 1.29 is 9.59 Å². The van der Waals surface area contributed by atoms with E-state index >= 15 is 0 Å². The van der Waals surface area contributed by atoms with Gasteiger partial charge in [-0.15, -0.1) is 13.2 Å². The lowest BCUT2D eigenvalue weighted by molar-refractivity contribution is 0.0679. The highest BCUT2D eigenvalue weighted by Gasteiger charge is 2.38. The molecule has 0 aliphatic carbocycles. The molecule has 0 radical (unpaired) electrons. The van der Waals surface area contributed by atoms with Crippen LogP contribution < -0.4 is 0 Å². The average Bonchev–Trinajstić information content (AvgIpc) is 2.64. The molecule has 92 valence electrons. The highest BCUT2D eigenvalue weighted by atomic mass is 28.3. The van der Waals surface area contributed by atoms with Crippen molar-refractivity contribution in [2.75, 3.05) is 6.17 Å². The molecular formula is C14H15NO2Si. The van der Waals surface area contributed by atoms with Gasteiger partial charge >= 0.3 is 0 Å². The Bertz CT molecular complexity index is 507. The van der Waals surface area contributed by atoms with E-state index in [0.29, 0.717) is 17.3 Å². The second kappa shape index (κ2) is 4.38. The third-order valence-electron chi connectivity index (χ3n) is 3.31. The normalized spacial score (nSPS) is 14.6. The lowest BCUT2D eigenvalue weighted by Gasteiger charge is -2.24. The standard InChI is InChI=1S/C14H15NO2Si/c1-4-18(3,5-2)10-15-13(16)11-8-6-7-9-12(11)14(15)17/h4-9H,1-2,10H2,3H3. The lowest BCUT2D eigenvalue weighted by atomic mass is 10.1. The Kier molecular flexibility index (Phi) is 3.05. The molecule has 0 fully saturated rings. The van der Waals surface area contributed by atoms with Crippen molar-refractivity contribution in [1.29, 1.82) is 0 Å². The van der Waals surface area contributed by atoms with Gasteiger partial charge in [-0.2, -0.15) is 0 Å². The van der Waals surface area contributed by atoms with Gasteiger partial charge in [0, 0.05) is 6.17 Å². The lowest BCUT2D eigenvalue weighted by Crippen LogP contribution is -2.45. The van der Waals surface area contributed by atoms with E-state index in [4.69, 9.17) is 0 Å². The largest absolute Gasteiger partial charge is 0.277 e. The SMILES string of the molecule is C=C[Si](C)(C=C)CN1C(=O)c2ccccc2C1=O. The fraction of sp³-hybridized carbons (Fsp3) is 0.143. The smallest absolute Gasteiger partial charge is 0.261 e. The number of amides is 2. The average molecular weight is 257 g/mol. The molecule has 1 heterocycles. The maximum atomic E-state index is 12.2. The second-order valence-corrected chi connectivity index (χ2v) is 8.80. The molecule has 18 heavy (non-hydrogen) atoms. The molecule has 0 atom stereocenters. The number of hydrogen-bond acceptors (Lipinski definition) is 2. The Hall–Kier alpha value is -1.94. The number of fused-ring (bicyclic) bond motifs is 1. The first-order valence-electron chi connectivity index (χ1n) is 5.75. The Labute approximate surface area is 107 Å². The van der Waals surface area contributed by atoms with Gasteiger partial charge in [0.25, 0.3) is 11.8 Å². The Balaban J connectivity index is 2.35. The topological polar surface area (TPSA) is 37.4 Å². The van der Waals surface area contributed by atoms with Crippen LogP contribution in [0.15, 0.2) is 48.8 Å². The predicted molar refractivity (Wildman–Crippen MR) is 73.8 cm³/mol. The quantitative estimate of drug-likeness (QED) is 0.613. The van der Waals surface area contributed by atoms with Crippen LogP contribution in [-0.4, -0.2) is 31.0 Å². The van der Waals surface area contributed by atoms with Gasteiger partial charge in [-0.05, 0) is 12.1 Å². The summed E-state index contributed by atoms with van der Waals surface area (Å²) in [6, 6.07) is 6.92. The number of carbonyl (C=O) groups is 2. The van der Waals surface area contributed by atoms with Crippen molar-refractivity contribution in [2.24, 2.45) is 0 Å². The van der Waals surface area contributed by atoms with E-state index in [1.54, 1.807) is 24.3 Å². The highest BCUT2D eigenvalue weighted by Crippen LogP contribution is 2.24. The number of benzene rings is 1. The van der Waals surface area contributed by atoms with E-state index in [1.165, 1.54) is 4.90 Å². The van der Waals surface area contributed by atoms with E-state index in [9.17, 15) is 9.59 Å². The van der Waals surface area contributed by atoms with E-state index in [2.05, 4.69) is 13.2 Å². The van der Waals surface area contributed by atoms with E-state index in [-0.39, 0.29) is 11.8 Å². The Morgan fingerprint density at radius 3 is 1.94 bits per heavy atom. The molecule has 0 spiro atoms.